The molecule has 1 aromatic heterocycles. The summed E-state index contributed by atoms with van der Waals surface area (Å²) in [7, 11) is 0. The topological polar surface area (TPSA) is 60.9 Å². The van der Waals surface area contributed by atoms with E-state index in [1.54, 1.807) is 4.57 Å². The second-order valence-corrected chi connectivity index (χ2v) is 5.33. The fourth-order valence-corrected chi connectivity index (χ4v) is 2.51. The molecule has 3 aromatic rings. The first-order valence-corrected chi connectivity index (χ1v) is 7.72. The maximum absolute atomic E-state index is 12.7. The van der Waals surface area contributed by atoms with Gasteiger partial charge in [-0.15, -0.1) is 0 Å². The lowest BCUT2D eigenvalue weighted by molar-refractivity contribution is 0.619. The number of nitrogens with zero attached hydrogens (tertiary/aromatic N) is 2. The monoisotopic (exact) mass is 305 g/mol. The molecule has 3 rings (SSSR count). The van der Waals surface area contributed by atoms with E-state index in [4.69, 9.17) is 5.73 Å². The summed E-state index contributed by atoms with van der Waals surface area (Å²) < 4.78 is 1.70. The van der Waals surface area contributed by atoms with Crippen molar-refractivity contribution in [3.05, 3.63) is 76.3 Å². The average molecular weight is 305 g/mol. The van der Waals surface area contributed by atoms with Crippen LogP contribution < -0.4 is 11.3 Å². The Kier molecular flexibility index (Phi) is 4.64. The second-order valence-electron chi connectivity index (χ2n) is 5.33. The molecule has 116 valence electrons. The van der Waals surface area contributed by atoms with E-state index in [2.05, 4.69) is 4.98 Å². The number of nitrogens with two attached hydrogens (primary N) is 1. The van der Waals surface area contributed by atoms with Gasteiger partial charge in [-0.2, -0.15) is 0 Å². The molecule has 4 nitrogen and oxygen atoms in total. The highest BCUT2D eigenvalue weighted by Gasteiger charge is 2.08. The third kappa shape index (κ3) is 3.38. The number of aromatic nitrogens is 2. The quantitative estimate of drug-likeness (QED) is 0.788. The number of para-hydroxylation sites is 1. The molecule has 0 saturated carbocycles. The molecule has 0 fully saturated rings. The minimum atomic E-state index is -0.0169. The van der Waals surface area contributed by atoms with Gasteiger partial charge >= 0.3 is 0 Å². The summed E-state index contributed by atoms with van der Waals surface area (Å²) in [4.78, 5) is 17.4. The lowest BCUT2D eigenvalue weighted by atomic mass is 10.2. The second kappa shape index (κ2) is 7.03. The largest absolute Gasteiger partial charge is 0.330 e. The fourth-order valence-electron chi connectivity index (χ4n) is 2.51. The van der Waals surface area contributed by atoms with Gasteiger partial charge in [0.25, 0.3) is 5.56 Å². The van der Waals surface area contributed by atoms with E-state index in [9.17, 15) is 4.79 Å². The van der Waals surface area contributed by atoms with Crippen LogP contribution in [0.3, 0.4) is 0 Å². The molecule has 4 heteroatoms. The third-order valence-electron chi connectivity index (χ3n) is 3.70. The van der Waals surface area contributed by atoms with E-state index in [0.29, 0.717) is 29.8 Å². The van der Waals surface area contributed by atoms with Crippen molar-refractivity contribution in [1.82, 2.24) is 9.55 Å². The highest BCUT2D eigenvalue weighted by molar-refractivity contribution is 5.79. The van der Waals surface area contributed by atoms with Gasteiger partial charge < -0.3 is 5.73 Å². The van der Waals surface area contributed by atoms with Crippen LogP contribution in [0.25, 0.3) is 23.1 Å². The summed E-state index contributed by atoms with van der Waals surface area (Å²) in [5.74, 6) is 0.658. The van der Waals surface area contributed by atoms with Crippen molar-refractivity contribution in [3.63, 3.8) is 0 Å². The van der Waals surface area contributed by atoms with Gasteiger partial charge in [0.05, 0.1) is 10.9 Å². The lowest BCUT2D eigenvalue weighted by Crippen LogP contribution is -2.25. The van der Waals surface area contributed by atoms with E-state index in [1.807, 2.05) is 66.7 Å². The molecule has 0 radical (unpaired) electrons. The molecule has 2 aromatic carbocycles. The minimum absolute atomic E-state index is 0.0169. The Balaban J connectivity index is 2.10. The Morgan fingerprint density at radius 2 is 1.74 bits per heavy atom. The molecular formula is C19H19N3O. The predicted octanol–water partition coefficient (Wildman–Crippen LogP) is 2.92. The van der Waals surface area contributed by atoms with Crippen molar-refractivity contribution in [3.8, 4) is 0 Å². The molecule has 1 heterocycles. The zero-order chi connectivity index (χ0) is 16.1. The van der Waals surface area contributed by atoms with Crippen LogP contribution in [0, 0.1) is 0 Å². The Bertz CT molecular complexity index is 882. The summed E-state index contributed by atoms with van der Waals surface area (Å²) in [6, 6.07) is 17.4. The van der Waals surface area contributed by atoms with Crippen LogP contribution in [-0.4, -0.2) is 16.1 Å². The molecule has 0 aliphatic heterocycles. The molecule has 0 saturated heterocycles. The fraction of sp³-hybridized carbons (Fsp3) is 0.158. The molecule has 0 bridgehead atoms. The highest BCUT2D eigenvalue weighted by atomic mass is 16.1. The average Bonchev–Trinajstić information content (AvgIpc) is 2.60. The van der Waals surface area contributed by atoms with Gasteiger partial charge in [-0.25, -0.2) is 4.98 Å². The number of hydrogen-bond donors (Lipinski definition) is 1. The van der Waals surface area contributed by atoms with Crippen LogP contribution in [0.15, 0.2) is 59.4 Å². The van der Waals surface area contributed by atoms with Crippen LogP contribution in [0.2, 0.25) is 0 Å². The van der Waals surface area contributed by atoms with E-state index in [0.717, 1.165) is 12.0 Å². The number of hydrogen-bond acceptors (Lipinski definition) is 3. The Morgan fingerprint density at radius 1 is 1.00 bits per heavy atom. The van der Waals surface area contributed by atoms with Crippen molar-refractivity contribution in [2.75, 3.05) is 6.54 Å². The molecule has 0 spiro atoms. The third-order valence-corrected chi connectivity index (χ3v) is 3.70. The molecule has 0 atom stereocenters. The Labute approximate surface area is 134 Å². The van der Waals surface area contributed by atoms with Gasteiger partial charge in [-0.05, 0) is 36.7 Å². The molecule has 23 heavy (non-hydrogen) atoms. The molecule has 0 aliphatic rings. The number of rotatable bonds is 5. The van der Waals surface area contributed by atoms with E-state index < -0.39 is 0 Å². The van der Waals surface area contributed by atoms with Gasteiger partial charge in [0.2, 0.25) is 0 Å². The SMILES string of the molecule is NCCCn1c(C=Cc2ccccc2)nc2ccccc2c1=O. The van der Waals surface area contributed by atoms with Gasteiger partial charge in [0.15, 0.2) is 0 Å². The highest BCUT2D eigenvalue weighted by Crippen LogP contribution is 2.11. The van der Waals surface area contributed by atoms with Crippen LogP contribution >= 0.6 is 0 Å². The summed E-state index contributed by atoms with van der Waals surface area (Å²) in [5.41, 5.74) is 7.37. The van der Waals surface area contributed by atoms with Crippen molar-refractivity contribution in [1.29, 1.82) is 0 Å². The van der Waals surface area contributed by atoms with Crippen molar-refractivity contribution < 1.29 is 0 Å². The zero-order valence-electron chi connectivity index (χ0n) is 12.9. The predicted molar refractivity (Wildman–Crippen MR) is 95.0 cm³/mol. The summed E-state index contributed by atoms with van der Waals surface area (Å²) in [5, 5.41) is 0.640. The van der Waals surface area contributed by atoms with Crippen LogP contribution in [0.1, 0.15) is 17.8 Å². The molecule has 0 aliphatic carbocycles. The number of benzene rings is 2. The van der Waals surface area contributed by atoms with Crippen LogP contribution in [-0.2, 0) is 6.54 Å². The van der Waals surface area contributed by atoms with E-state index in [-0.39, 0.29) is 5.56 Å². The standard InChI is InChI=1S/C19H19N3O/c20-13-6-14-22-18(12-11-15-7-2-1-3-8-15)21-17-10-5-4-9-16(17)19(22)23/h1-5,7-12H,6,13-14,20H2. The minimum Gasteiger partial charge on any atom is -0.330 e. The van der Waals surface area contributed by atoms with Gasteiger partial charge in [0.1, 0.15) is 5.82 Å². The van der Waals surface area contributed by atoms with Crippen molar-refractivity contribution in [2.24, 2.45) is 5.73 Å². The first kappa shape index (κ1) is 15.2. The Morgan fingerprint density at radius 3 is 2.52 bits per heavy atom. The van der Waals surface area contributed by atoms with Gasteiger partial charge in [0, 0.05) is 6.54 Å². The lowest BCUT2D eigenvalue weighted by Gasteiger charge is -2.10. The maximum atomic E-state index is 12.7. The smallest absolute Gasteiger partial charge is 0.261 e. The number of fused-ring (bicyclic) bond motifs is 1. The summed E-state index contributed by atoms with van der Waals surface area (Å²) >= 11 is 0. The van der Waals surface area contributed by atoms with Crippen molar-refractivity contribution >= 4 is 23.1 Å². The molecule has 2 N–H and O–H groups in total. The molecular weight excluding hydrogens is 286 g/mol. The first-order chi connectivity index (χ1) is 11.3. The van der Waals surface area contributed by atoms with Gasteiger partial charge in [-0.3, -0.25) is 9.36 Å². The van der Waals surface area contributed by atoms with E-state index in [1.165, 1.54) is 0 Å². The first-order valence-electron chi connectivity index (χ1n) is 7.72. The summed E-state index contributed by atoms with van der Waals surface area (Å²) in [6.07, 6.45) is 4.60. The summed E-state index contributed by atoms with van der Waals surface area (Å²) in [6.45, 7) is 1.11. The molecule has 0 unspecified atom stereocenters. The zero-order valence-corrected chi connectivity index (χ0v) is 12.9. The normalized spacial score (nSPS) is 11.3. The van der Waals surface area contributed by atoms with Crippen LogP contribution in [0.5, 0.6) is 0 Å². The van der Waals surface area contributed by atoms with Crippen LogP contribution in [0.4, 0.5) is 0 Å². The van der Waals surface area contributed by atoms with Gasteiger partial charge in [-0.1, -0.05) is 48.5 Å². The molecule has 0 amide bonds. The maximum Gasteiger partial charge on any atom is 0.261 e. The Hall–Kier alpha value is -2.72. The van der Waals surface area contributed by atoms with E-state index >= 15 is 0 Å². The van der Waals surface area contributed by atoms with Crippen molar-refractivity contribution in [2.45, 2.75) is 13.0 Å².